The highest BCUT2D eigenvalue weighted by Gasteiger charge is 2.47. The molecule has 0 radical (unpaired) electrons. The number of fused-ring (bicyclic) bond motifs is 6. The van der Waals surface area contributed by atoms with Gasteiger partial charge in [-0.2, -0.15) is 0 Å². The van der Waals surface area contributed by atoms with E-state index in [1.54, 1.807) is 7.11 Å². The number of benzene rings is 2. The molecule has 6 rings (SSSR count). The van der Waals surface area contributed by atoms with Gasteiger partial charge in [0.15, 0.2) is 0 Å². The van der Waals surface area contributed by atoms with Gasteiger partial charge in [0.1, 0.15) is 40.8 Å². The molecule has 4 atom stereocenters. The second-order valence-electron chi connectivity index (χ2n) is 20.2. The Hall–Kier alpha value is -3.74. The minimum Gasteiger partial charge on any atom is -0.487 e. The fraction of sp³-hybridized carbons (Fsp3) is 0.673. The zero-order chi connectivity index (χ0) is 47.9. The number of esters is 2. The Balaban J connectivity index is 0.000000255. The lowest BCUT2D eigenvalue weighted by Crippen LogP contribution is -2.45. The largest absolute Gasteiger partial charge is 0.487 e. The molecule has 0 unspecified atom stereocenters. The standard InChI is InChI=1S/C30H46O7.C25H37NO3/c1-6-7-8-9-23-19-26(36-28(31)21-35-17-16-34-15-14-33-13-12-32-5)29-24-18-22(2)10-11-25(24)30(3,4)37-27(29)20-23;1-7-8-9-10-18-14-21(28-23(27)16-26(5)6)24-19-13-17(2)11-12-20(19)25(3,4)29-22(24)15-18/h18-20,24-25H,6-17,21H2,1-5H3;13-15,19-20H,7-12,16H2,1-6H3/t24-,25+;19-,20-/m01/s1. The second-order valence-corrected chi connectivity index (χ2v) is 20.2. The Morgan fingerprint density at radius 2 is 1.08 bits per heavy atom. The predicted molar refractivity (Wildman–Crippen MR) is 261 cm³/mol. The number of likely N-dealkylation sites (N-methyl/N-ethyl adjacent to an activating group) is 1. The molecule has 0 fully saturated rings. The molecule has 2 aliphatic carbocycles. The summed E-state index contributed by atoms with van der Waals surface area (Å²) >= 11 is 0. The topological polar surface area (TPSA) is 111 Å². The van der Waals surface area contributed by atoms with E-state index in [4.69, 9.17) is 37.9 Å². The molecule has 368 valence electrons. The number of carbonyl (C=O) groups excluding carboxylic acids is 2. The summed E-state index contributed by atoms with van der Waals surface area (Å²) in [6, 6.07) is 8.46. The highest BCUT2D eigenvalue weighted by atomic mass is 16.6. The highest BCUT2D eigenvalue weighted by molar-refractivity contribution is 5.76. The lowest BCUT2D eigenvalue weighted by molar-refractivity contribution is -0.140. The first kappa shape index (κ1) is 53.2. The highest BCUT2D eigenvalue weighted by Crippen LogP contribution is 2.55. The number of carbonyl (C=O) groups is 2. The minimum absolute atomic E-state index is 0.127. The van der Waals surface area contributed by atoms with Crippen molar-refractivity contribution in [2.24, 2.45) is 11.8 Å². The Bertz CT molecular complexity index is 1950. The maximum absolute atomic E-state index is 12.8. The Labute approximate surface area is 397 Å². The molecule has 2 aliphatic heterocycles. The van der Waals surface area contributed by atoms with E-state index in [9.17, 15) is 9.59 Å². The van der Waals surface area contributed by atoms with Gasteiger partial charge in [-0.05, 0) is 142 Å². The van der Waals surface area contributed by atoms with Crippen molar-refractivity contribution in [2.45, 2.75) is 155 Å². The lowest BCUT2D eigenvalue weighted by atomic mass is 9.68. The molecule has 66 heavy (non-hydrogen) atoms. The van der Waals surface area contributed by atoms with Gasteiger partial charge in [0.05, 0.1) is 46.2 Å². The maximum Gasteiger partial charge on any atom is 0.337 e. The third-order valence-corrected chi connectivity index (χ3v) is 13.4. The fourth-order valence-electron chi connectivity index (χ4n) is 10.0. The number of aryl methyl sites for hydroxylation is 2. The molecular formula is C55H83NO10. The van der Waals surface area contributed by atoms with Crippen molar-refractivity contribution in [3.05, 3.63) is 69.8 Å². The van der Waals surface area contributed by atoms with E-state index in [0.29, 0.717) is 63.0 Å². The average Bonchev–Trinajstić information content (AvgIpc) is 3.23. The first-order chi connectivity index (χ1) is 31.6. The van der Waals surface area contributed by atoms with Crippen molar-refractivity contribution in [1.29, 1.82) is 0 Å². The quantitative estimate of drug-likeness (QED) is 0.0460. The number of hydrogen-bond donors (Lipinski definition) is 0. The summed E-state index contributed by atoms with van der Waals surface area (Å²) in [5, 5.41) is 0. The fourth-order valence-corrected chi connectivity index (χ4v) is 10.0. The Kier molecular flexibility index (Phi) is 20.6. The van der Waals surface area contributed by atoms with E-state index in [1.807, 2.05) is 25.1 Å². The molecule has 11 nitrogen and oxygen atoms in total. The van der Waals surface area contributed by atoms with Crippen molar-refractivity contribution in [3.63, 3.8) is 0 Å². The van der Waals surface area contributed by atoms with Crippen molar-refractivity contribution in [1.82, 2.24) is 4.90 Å². The summed E-state index contributed by atoms with van der Waals surface area (Å²) in [5.41, 5.74) is 6.65. The van der Waals surface area contributed by atoms with Gasteiger partial charge in [-0.3, -0.25) is 9.69 Å². The van der Waals surface area contributed by atoms with Crippen LogP contribution in [0, 0.1) is 11.8 Å². The van der Waals surface area contributed by atoms with Gasteiger partial charge >= 0.3 is 11.9 Å². The summed E-state index contributed by atoms with van der Waals surface area (Å²) in [6.45, 7) is 20.5. The van der Waals surface area contributed by atoms with Gasteiger partial charge in [0.2, 0.25) is 0 Å². The van der Waals surface area contributed by atoms with Gasteiger partial charge in [-0.15, -0.1) is 0 Å². The van der Waals surface area contributed by atoms with Crippen LogP contribution in [-0.4, -0.2) is 102 Å². The number of methoxy groups -OCH3 is 1. The van der Waals surface area contributed by atoms with Crippen LogP contribution in [0.25, 0.3) is 0 Å². The maximum atomic E-state index is 12.8. The Morgan fingerprint density at radius 3 is 1.52 bits per heavy atom. The average molecular weight is 918 g/mol. The minimum atomic E-state index is -0.409. The van der Waals surface area contributed by atoms with Gasteiger partial charge in [-0.1, -0.05) is 62.8 Å². The summed E-state index contributed by atoms with van der Waals surface area (Å²) in [7, 11) is 5.40. The van der Waals surface area contributed by atoms with Crippen LogP contribution in [0.1, 0.15) is 154 Å². The molecule has 11 heteroatoms. The van der Waals surface area contributed by atoms with Crippen LogP contribution in [0.2, 0.25) is 0 Å². The summed E-state index contributed by atoms with van der Waals surface area (Å²) in [6.07, 6.45) is 17.9. The van der Waals surface area contributed by atoms with Crippen LogP contribution in [0.5, 0.6) is 23.0 Å². The molecule has 4 aliphatic rings. The zero-order valence-electron chi connectivity index (χ0n) is 42.4. The molecule has 0 N–H and O–H groups in total. The molecule has 0 saturated heterocycles. The van der Waals surface area contributed by atoms with Gasteiger partial charge in [0.25, 0.3) is 0 Å². The summed E-state index contributed by atoms with van der Waals surface area (Å²) in [4.78, 5) is 27.1. The normalized spacial score (nSPS) is 21.0. The van der Waals surface area contributed by atoms with Crippen molar-refractivity contribution >= 4 is 11.9 Å². The molecule has 0 bridgehead atoms. The van der Waals surface area contributed by atoms with Crippen LogP contribution >= 0.6 is 0 Å². The molecule has 2 aromatic rings. The van der Waals surface area contributed by atoms with Crippen LogP contribution in [0.4, 0.5) is 0 Å². The SMILES string of the molecule is CCCCCc1cc(OC(=O)CN(C)C)c2c(c1)OC(C)(C)[C@@H]1CCC(C)=C[C@@H]21.CCCCCc1cc(OC(=O)COCCOCCOCCOC)c2c(c1)OC(C)(C)[C@@H]1CCC(C)=C[C@H]21. The van der Waals surface area contributed by atoms with Crippen LogP contribution in [0.15, 0.2) is 47.6 Å². The molecular weight excluding hydrogens is 835 g/mol. The van der Waals surface area contributed by atoms with E-state index in [2.05, 4.69) is 85.7 Å². The first-order valence-corrected chi connectivity index (χ1v) is 24.9. The number of ether oxygens (including phenoxy) is 8. The number of rotatable bonds is 23. The van der Waals surface area contributed by atoms with Crippen molar-refractivity contribution < 1.29 is 47.5 Å². The third-order valence-electron chi connectivity index (χ3n) is 13.4. The van der Waals surface area contributed by atoms with E-state index < -0.39 is 5.97 Å². The van der Waals surface area contributed by atoms with Crippen molar-refractivity contribution in [3.8, 4) is 23.0 Å². The molecule has 2 heterocycles. The second kappa shape index (κ2) is 25.6. The van der Waals surface area contributed by atoms with Gasteiger partial charge in [0, 0.05) is 41.9 Å². The van der Waals surface area contributed by atoms with Crippen LogP contribution in [0.3, 0.4) is 0 Å². The molecule has 0 spiro atoms. The van der Waals surface area contributed by atoms with E-state index >= 15 is 0 Å². The lowest BCUT2D eigenvalue weighted by Gasteiger charge is -2.46. The molecule has 0 amide bonds. The monoisotopic (exact) mass is 918 g/mol. The Morgan fingerprint density at radius 1 is 0.636 bits per heavy atom. The van der Waals surface area contributed by atoms with Crippen LogP contribution < -0.4 is 18.9 Å². The number of allylic oxidation sites excluding steroid dienone is 4. The third kappa shape index (κ3) is 15.1. The molecule has 0 aromatic heterocycles. The summed E-state index contributed by atoms with van der Waals surface area (Å²) in [5.74, 6) is 3.52. The number of hydrogen-bond acceptors (Lipinski definition) is 11. The number of unbranched alkanes of at least 4 members (excludes halogenated alkanes) is 4. The van der Waals surface area contributed by atoms with Crippen molar-refractivity contribution in [2.75, 3.05) is 74.0 Å². The van der Waals surface area contributed by atoms with E-state index in [0.717, 1.165) is 86.0 Å². The first-order valence-electron chi connectivity index (χ1n) is 24.9. The van der Waals surface area contributed by atoms with Gasteiger partial charge in [-0.25, -0.2) is 4.79 Å². The molecule has 0 saturated carbocycles. The predicted octanol–water partition coefficient (Wildman–Crippen LogP) is 11.1. The van der Waals surface area contributed by atoms with Gasteiger partial charge < -0.3 is 37.9 Å². The smallest absolute Gasteiger partial charge is 0.337 e. The zero-order valence-corrected chi connectivity index (χ0v) is 42.4. The summed E-state index contributed by atoms with van der Waals surface area (Å²) < 4.78 is 46.3. The van der Waals surface area contributed by atoms with E-state index in [1.165, 1.54) is 36.0 Å². The van der Waals surface area contributed by atoms with E-state index in [-0.39, 0.29) is 42.2 Å². The number of nitrogens with zero attached hydrogens (tertiary/aromatic N) is 1. The van der Waals surface area contributed by atoms with Crippen LogP contribution in [-0.2, 0) is 41.4 Å². The molecule has 2 aromatic carbocycles.